The van der Waals surface area contributed by atoms with Crippen molar-refractivity contribution in [3.05, 3.63) is 24.3 Å². The summed E-state index contributed by atoms with van der Waals surface area (Å²) in [6.07, 6.45) is 1.60. The minimum Gasteiger partial charge on any atom is -0.497 e. The van der Waals surface area contributed by atoms with Crippen molar-refractivity contribution in [1.82, 2.24) is 10.2 Å². The van der Waals surface area contributed by atoms with Gasteiger partial charge in [-0.05, 0) is 25.0 Å². The number of carbonyl (C=O) groups excluding carboxylic acids is 2. The Bertz CT molecular complexity index is 571. The highest BCUT2D eigenvalue weighted by Crippen LogP contribution is 2.20. The zero-order chi connectivity index (χ0) is 17.4. The topological polar surface area (TPSA) is 93.9 Å². The summed E-state index contributed by atoms with van der Waals surface area (Å²) in [5.74, 6) is 0.929. The van der Waals surface area contributed by atoms with E-state index in [0.29, 0.717) is 37.7 Å². The molecular weight excluding hydrogens is 346 g/mol. The molecule has 2 rings (SSSR count). The number of methoxy groups -OCH3 is 1. The lowest BCUT2D eigenvalue weighted by Crippen LogP contribution is -2.47. The fraction of sp³-hybridized carbons (Fsp3) is 0.529. The third-order valence-corrected chi connectivity index (χ3v) is 3.99. The molecule has 3 N–H and O–H groups in total. The van der Waals surface area contributed by atoms with Crippen LogP contribution in [0, 0.1) is 5.92 Å². The predicted molar refractivity (Wildman–Crippen MR) is 97.1 cm³/mol. The summed E-state index contributed by atoms with van der Waals surface area (Å²) in [6.45, 7) is 1.90. The first-order valence-corrected chi connectivity index (χ1v) is 8.16. The molecule has 0 aliphatic carbocycles. The number of hydrogen-bond donors (Lipinski definition) is 2. The van der Waals surface area contributed by atoms with Crippen LogP contribution in [0.2, 0.25) is 0 Å². The fourth-order valence-corrected chi connectivity index (χ4v) is 2.68. The van der Waals surface area contributed by atoms with E-state index in [2.05, 4.69) is 5.32 Å². The molecule has 1 unspecified atom stereocenters. The first-order valence-electron chi connectivity index (χ1n) is 8.16. The number of benzene rings is 1. The molecule has 0 aromatic heterocycles. The van der Waals surface area contributed by atoms with Crippen LogP contribution in [0.15, 0.2) is 24.3 Å². The van der Waals surface area contributed by atoms with Gasteiger partial charge in [-0.2, -0.15) is 0 Å². The van der Waals surface area contributed by atoms with Crippen LogP contribution in [0.3, 0.4) is 0 Å². The molecule has 140 valence electrons. The summed E-state index contributed by atoms with van der Waals surface area (Å²) in [7, 11) is 1.58. The van der Waals surface area contributed by atoms with Gasteiger partial charge < -0.3 is 25.4 Å². The summed E-state index contributed by atoms with van der Waals surface area (Å²) >= 11 is 0. The average molecular weight is 372 g/mol. The van der Waals surface area contributed by atoms with Crippen LogP contribution in [0.25, 0.3) is 0 Å². The SMILES string of the molecule is COc1cccc(OCC(=O)N2CCCC(C(=O)NCCN)C2)c1.Cl. The van der Waals surface area contributed by atoms with E-state index in [-0.39, 0.29) is 36.7 Å². The first kappa shape index (κ1) is 21.1. The van der Waals surface area contributed by atoms with Gasteiger partial charge >= 0.3 is 0 Å². The Labute approximate surface area is 154 Å². The van der Waals surface area contributed by atoms with Crippen molar-refractivity contribution in [3.8, 4) is 11.5 Å². The Morgan fingerprint density at radius 1 is 1.36 bits per heavy atom. The summed E-state index contributed by atoms with van der Waals surface area (Å²) in [5, 5.41) is 2.78. The summed E-state index contributed by atoms with van der Waals surface area (Å²) < 4.78 is 10.7. The van der Waals surface area contributed by atoms with Crippen LogP contribution < -0.4 is 20.5 Å². The third-order valence-electron chi connectivity index (χ3n) is 3.99. The van der Waals surface area contributed by atoms with Crippen LogP contribution in [-0.2, 0) is 9.59 Å². The number of rotatable bonds is 7. The maximum Gasteiger partial charge on any atom is 0.260 e. The van der Waals surface area contributed by atoms with E-state index < -0.39 is 0 Å². The molecule has 7 nitrogen and oxygen atoms in total. The molecule has 8 heteroatoms. The average Bonchev–Trinajstić information content (AvgIpc) is 2.64. The van der Waals surface area contributed by atoms with Crippen LogP contribution in [0.5, 0.6) is 11.5 Å². The second kappa shape index (κ2) is 10.8. The number of nitrogens with one attached hydrogen (secondary N) is 1. The Morgan fingerprint density at radius 2 is 2.12 bits per heavy atom. The zero-order valence-electron chi connectivity index (χ0n) is 14.4. The van der Waals surface area contributed by atoms with Crippen molar-refractivity contribution in [2.75, 3.05) is 39.9 Å². The molecule has 1 aliphatic heterocycles. The van der Waals surface area contributed by atoms with Gasteiger partial charge in [0.2, 0.25) is 5.91 Å². The smallest absolute Gasteiger partial charge is 0.260 e. The summed E-state index contributed by atoms with van der Waals surface area (Å²) in [5.41, 5.74) is 5.39. The van der Waals surface area contributed by atoms with Crippen LogP contribution in [0.4, 0.5) is 0 Å². The van der Waals surface area contributed by atoms with E-state index in [9.17, 15) is 9.59 Å². The van der Waals surface area contributed by atoms with Gasteiger partial charge in [0.05, 0.1) is 13.0 Å². The van der Waals surface area contributed by atoms with E-state index in [0.717, 1.165) is 12.8 Å². The second-order valence-corrected chi connectivity index (χ2v) is 5.73. The molecule has 1 heterocycles. The Morgan fingerprint density at radius 3 is 2.84 bits per heavy atom. The van der Waals surface area contributed by atoms with Gasteiger partial charge in [-0.3, -0.25) is 9.59 Å². The molecule has 1 atom stereocenters. The van der Waals surface area contributed by atoms with E-state index >= 15 is 0 Å². The monoisotopic (exact) mass is 371 g/mol. The zero-order valence-corrected chi connectivity index (χ0v) is 15.2. The lowest BCUT2D eigenvalue weighted by atomic mass is 9.97. The lowest BCUT2D eigenvalue weighted by molar-refractivity contribution is -0.137. The van der Waals surface area contributed by atoms with Crippen LogP contribution in [-0.4, -0.2) is 56.6 Å². The van der Waals surface area contributed by atoms with E-state index in [1.54, 1.807) is 30.2 Å². The van der Waals surface area contributed by atoms with Crippen molar-refractivity contribution >= 4 is 24.2 Å². The molecule has 0 spiro atoms. The number of nitrogens with two attached hydrogens (primary N) is 1. The van der Waals surface area contributed by atoms with Gasteiger partial charge in [0.15, 0.2) is 6.61 Å². The van der Waals surface area contributed by atoms with Gasteiger partial charge in [0, 0.05) is 32.2 Å². The molecular formula is C17H26ClN3O4. The normalized spacial score (nSPS) is 16.6. The summed E-state index contributed by atoms with van der Waals surface area (Å²) in [4.78, 5) is 26.0. The van der Waals surface area contributed by atoms with E-state index in [4.69, 9.17) is 15.2 Å². The van der Waals surface area contributed by atoms with E-state index in [1.807, 2.05) is 6.07 Å². The number of halogens is 1. The Hall–Kier alpha value is -1.99. The van der Waals surface area contributed by atoms with Crippen LogP contribution in [0.1, 0.15) is 12.8 Å². The molecule has 0 radical (unpaired) electrons. The van der Waals surface area contributed by atoms with Crippen molar-refractivity contribution in [2.24, 2.45) is 11.7 Å². The standard InChI is InChI=1S/C17H25N3O4.ClH/c1-23-14-5-2-6-15(10-14)24-12-16(21)20-9-3-4-13(11-20)17(22)19-8-7-18;/h2,5-6,10,13H,3-4,7-9,11-12,18H2,1H3,(H,19,22);1H. The molecule has 1 fully saturated rings. The molecule has 0 saturated carbocycles. The number of likely N-dealkylation sites (tertiary alicyclic amines) is 1. The van der Waals surface area contributed by atoms with Crippen LogP contribution >= 0.6 is 12.4 Å². The molecule has 2 amide bonds. The van der Waals surface area contributed by atoms with Gasteiger partial charge in [-0.15, -0.1) is 12.4 Å². The molecule has 1 aliphatic rings. The molecule has 1 aromatic rings. The number of piperidine rings is 1. The van der Waals surface area contributed by atoms with Gasteiger partial charge in [-0.1, -0.05) is 6.07 Å². The summed E-state index contributed by atoms with van der Waals surface area (Å²) in [6, 6.07) is 7.11. The van der Waals surface area contributed by atoms with Gasteiger partial charge in [0.1, 0.15) is 11.5 Å². The van der Waals surface area contributed by atoms with Crippen molar-refractivity contribution in [1.29, 1.82) is 0 Å². The quantitative estimate of drug-likeness (QED) is 0.739. The van der Waals surface area contributed by atoms with Crippen molar-refractivity contribution in [2.45, 2.75) is 12.8 Å². The number of carbonyl (C=O) groups is 2. The third kappa shape index (κ3) is 6.43. The maximum absolute atomic E-state index is 12.3. The maximum atomic E-state index is 12.3. The van der Waals surface area contributed by atoms with Crippen molar-refractivity contribution in [3.63, 3.8) is 0 Å². The van der Waals surface area contributed by atoms with E-state index in [1.165, 1.54) is 0 Å². The highest BCUT2D eigenvalue weighted by atomic mass is 35.5. The predicted octanol–water partition coefficient (Wildman–Crippen LogP) is 0.809. The molecule has 25 heavy (non-hydrogen) atoms. The largest absolute Gasteiger partial charge is 0.497 e. The van der Waals surface area contributed by atoms with Crippen molar-refractivity contribution < 1.29 is 19.1 Å². The van der Waals surface area contributed by atoms with Gasteiger partial charge in [0.25, 0.3) is 5.91 Å². The highest BCUT2D eigenvalue weighted by molar-refractivity contribution is 5.85. The molecule has 1 saturated heterocycles. The minimum atomic E-state index is -0.175. The number of hydrogen-bond acceptors (Lipinski definition) is 5. The highest BCUT2D eigenvalue weighted by Gasteiger charge is 2.28. The van der Waals surface area contributed by atoms with Gasteiger partial charge in [-0.25, -0.2) is 0 Å². The lowest BCUT2D eigenvalue weighted by Gasteiger charge is -2.32. The minimum absolute atomic E-state index is 0. The Balaban J connectivity index is 0.00000312. The number of amides is 2. The second-order valence-electron chi connectivity index (χ2n) is 5.73. The molecule has 0 bridgehead atoms. The number of ether oxygens (including phenoxy) is 2. The molecule has 1 aromatic carbocycles. The Kier molecular flexibility index (Phi) is 9.08. The fourth-order valence-electron chi connectivity index (χ4n) is 2.68. The first-order chi connectivity index (χ1) is 11.6. The number of nitrogens with zero attached hydrogens (tertiary/aromatic N) is 1.